The van der Waals surface area contributed by atoms with Crippen LogP contribution < -0.4 is 5.32 Å². The van der Waals surface area contributed by atoms with E-state index < -0.39 is 22.0 Å². The molecule has 1 unspecified atom stereocenters. The summed E-state index contributed by atoms with van der Waals surface area (Å²) in [6.45, 7) is 2.75. The Balaban J connectivity index is 0.00000243. The van der Waals surface area contributed by atoms with E-state index in [4.69, 9.17) is 4.42 Å². The fraction of sp³-hybridized carbons (Fsp3) is 0.467. The summed E-state index contributed by atoms with van der Waals surface area (Å²) in [5.74, 6) is 0.199. The van der Waals surface area contributed by atoms with E-state index in [0.29, 0.717) is 18.9 Å². The summed E-state index contributed by atoms with van der Waals surface area (Å²) in [6.07, 6.45) is 3.39. The van der Waals surface area contributed by atoms with Gasteiger partial charge in [0.1, 0.15) is 17.1 Å². The monoisotopic (exact) mass is 404 g/mol. The molecule has 3 heterocycles. The summed E-state index contributed by atoms with van der Waals surface area (Å²) < 4.78 is 39.4. The molecular weight excluding hydrogens is 384 g/mol. The second-order valence-electron chi connectivity index (χ2n) is 5.76. The van der Waals surface area contributed by atoms with Crippen LogP contribution in [0, 0.1) is 6.92 Å². The van der Waals surface area contributed by atoms with Crippen LogP contribution in [0.1, 0.15) is 28.0 Å². The number of hydrogen-bond acceptors (Lipinski definition) is 7. The molecule has 144 valence electrons. The van der Waals surface area contributed by atoms with Crippen LogP contribution in [-0.2, 0) is 21.8 Å². The van der Waals surface area contributed by atoms with Crippen LogP contribution in [0.4, 0.5) is 0 Å². The molecular formula is C15H21ClN4O5S. The average Bonchev–Trinajstić information content (AvgIpc) is 3.20. The lowest BCUT2D eigenvalue weighted by atomic mass is 10.2. The number of aromatic nitrogens is 2. The third-order valence-electron chi connectivity index (χ3n) is 4.21. The largest absolute Gasteiger partial charge is 0.465 e. The zero-order valence-electron chi connectivity index (χ0n) is 14.6. The SMILES string of the molecule is COC(=O)c1cc(S(=O)(=O)N2CCNCC2c2nccn2C)oc1C.Cl. The number of nitrogens with zero attached hydrogens (tertiary/aromatic N) is 3. The predicted octanol–water partition coefficient (Wildman–Crippen LogP) is 0.865. The van der Waals surface area contributed by atoms with Gasteiger partial charge in [-0.3, -0.25) is 0 Å². The van der Waals surface area contributed by atoms with Crippen molar-refractivity contribution in [3.8, 4) is 0 Å². The topological polar surface area (TPSA) is 107 Å². The summed E-state index contributed by atoms with van der Waals surface area (Å²) in [6, 6.07) is 0.749. The van der Waals surface area contributed by atoms with Crippen molar-refractivity contribution in [3.63, 3.8) is 0 Å². The third-order valence-corrected chi connectivity index (χ3v) is 5.98. The highest BCUT2D eigenvalue weighted by molar-refractivity contribution is 7.89. The number of hydrogen-bond donors (Lipinski definition) is 1. The van der Waals surface area contributed by atoms with Crippen molar-refractivity contribution in [1.82, 2.24) is 19.2 Å². The molecule has 0 aromatic carbocycles. The molecule has 1 atom stereocenters. The van der Waals surface area contributed by atoms with E-state index in [2.05, 4.69) is 15.0 Å². The normalized spacial score (nSPS) is 18.3. The van der Waals surface area contributed by atoms with Gasteiger partial charge in [-0.15, -0.1) is 12.4 Å². The van der Waals surface area contributed by atoms with Gasteiger partial charge >= 0.3 is 5.97 Å². The quantitative estimate of drug-likeness (QED) is 0.753. The third kappa shape index (κ3) is 3.50. The highest BCUT2D eigenvalue weighted by Gasteiger charge is 2.38. The Labute approximate surface area is 157 Å². The van der Waals surface area contributed by atoms with Crippen molar-refractivity contribution < 1.29 is 22.4 Å². The summed E-state index contributed by atoms with van der Waals surface area (Å²) in [4.78, 5) is 16.0. The van der Waals surface area contributed by atoms with E-state index in [1.807, 2.05) is 7.05 Å². The van der Waals surface area contributed by atoms with Gasteiger partial charge < -0.3 is 19.0 Å². The lowest BCUT2D eigenvalue weighted by molar-refractivity contribution is 0.0598. The molecule has 0 bridgehead atoms. The number of nitrogens with one attached hydrogen (secondary N) is 1. The maximum atomic E-state index is 13.1. The number of imidazole rings is 1. The first kappa shape index (κ1) is 20.4. The van der Waals surface area contributed by atoms with Crippen molar-refractivity contribution in [2.24, 2.45) is 7.05 Å². The van der Waals surface area contributed by atoms with Gasteiger partial charge in [-0.25, -0.2) is 18.2 Å². The molecule has 0 saturated carbocycles. The first-order chi connectivity index (χ1) is 11.9. The summed E-state index contributed by atoms with van der Waals surface area (Å²) in [5.41, 5.74) is 0.102. The van der Waals surface area contributed by atoms with Crippen LogP contribution in [0.25, 0.3) is 0 Å². The zero-order valence-corrected chi connectivity index (χ0v) is 16.3. The first-order valence-corrected chi connectivity index (χ1v) is 9.18. The summed E-state index contributed by atoms with van der Waals surface area (Å²) in [7, 11) is -0.886. The molecule has 0 amide bonds. The van der Waals surface area contributed by atoms with Gasteiger partial charge in [0.05, 0.1) is 13.2 Å². The number of halogens is 1. The van der Waals surface area contributed by atoms with Crippen LogP contribution in [0.15, 0.2) is 28.0 Å². The maximum absolute atomic E-state index is 13.1. The van der Waals surface area contributed by atoms with Crippen LogP contribution in [0.5, 0.6) is 0 Å². The van der Waals surface area contributed by atoms with Crippen LogP contribution in [0.3, 0.4) is 0 Å². The second-order valence-corrected chi connectivity index (χ2v) is 7.58. The number of sulfonamides is 1. The molecule has 0 aliphatic carbocycles. The fourth-order valence-electron chi connectivity index (χ4n) is 2.90. The van der Waals surface area contributed by atoms with Gasteiger partial charge in [0, 0.05) is 45.1 Å². The van der Waals surface area contributed by atoms with Gasteiger partial charge in [-0.2, -0.15) is 4.31 Å². The van der Waals surface area contributed by atoms with Crippen molar-refractivity contribution >= 4 is 28.4 Å². The number of methoxy groups -OCH3 is 1. The lowest BCUT2D eigenvalue weighted by Gasteiger charge is -2.33. The number of furan rings is 1. The molecule has 2 aromatic rings. The Bertz CT molecular complexity index is 892. The van der Waals surface area contributed by atoms with E-state index in [9.17, 15) is 13.2 Å². The molecule has 1 fully saturated rings. The van der Waals surface area contributed by atoms with Gasteiger partial charge in [0.15, 0.2) is 0 Å². The zero-order chi connectivity index (χ0) is 18.2. The van der Waals surface area contributed by atoms with Gasteiger partial charge in [-0.05, 0) is 6.92 Å². The Morgan fingerprint density at radius 2 is 2.19 bits per heavy atom. The van der Waals surface area contributed by atoms with Gasteiger partial charge in [-0.1, -0.05) is 0 Å². The van der Waals surface area contributed by atoms with Crippen molar-refractivity contribution in [3.05, 3.63) is 35.6 Å². The number of rotatable bonds is 4. The predicted molar refractivity (Wildman–Crippen MR) is 94.7 cm³/mol. The molecule has 1 aliphatic heterocycles. The molecule has 1 N–H and O–H groups in total. The van der Waals surface area contributed by atoms with Crippen LogP contribution >= 0.6 is 12.4 Å². The Morgan fingerprint density at radius 3 is 2.81 bits per heavy atom. The van der Waals surface area contributed by atoms with E-state index in [0.717, 1.165) is 0 Å². The maximum Gasteiger partial charge on any atom is 0.341 e. The smallest absolute Gasteiger partial charge is 0.341 e. The number of carbonyl (C=O) groups excluding carboxylic acids is 1. The number of piperazine rings is 1. The molecule has 1 saturated heterocycles. The van der Waals surface area contributed by atoms with Gasteiger partial charge in [0.25, 0.3) is 10.0 Å². The minimum atomic E-state index is -3.93. The fourth-order valence-corrected chi connectivity index (χ4v) is 4.47. The van der Waals surface area contributed by atoms with Crippen LogP contribution in [0.2, 0.25) is 0 Å². The first-order valence-electron chi connectivity index (χ1n) is 7.74. The molecule has 3 rings (SSSR count). The second kappa shape index (κ2) is 7.78. The summed E-state index contributed by atoms with van der Waals surface area (Å²) in [5, 5.41) is 2.91. The Hall–Kier alpha value is -1.88. The van der Waals surface area contributed by atoms with E-state index in [1.54, 1.807) is 17.0 Å². The van der Waals surface area contributed by atoms with Crippen LogP contribution in [-0.4, -0.2) is 55.0 Å². The minimum absolute atomic E-state index is 0. The van der Waals surface area contributed by atoms with Crippen molar-refractivity contribution in [2.75, 3.05) is 26.7 Å². The standard InChI is InChI=1S/C15H20N4O5S.ClH/c1-10-11(15(20)23-3)8-13(24-10)25(21,22)19-7-4-16-9-12(19)14-17-5-6-18(14)2;/h5-6,8,12,16H,4,7,9H2,1-3H3;1H. The van der Waals surface area contributed by atoms with Crippen molar-refractivity contribution in [2.45, 2.75) is 18.1 Å². The molecule has 9 nitrogen and oxygen atoms in total. The Kier molecular flexibility index (Phi) is 6.12. The summed E-state index contributed by atoms with van der Waals surface area (Å²) >= 11 is 0. The Morgan fingerprint density at radius 1 is 1.46 bits per heavy atom. The van der Waals surface area contributed by atoms with Gasteiger partial charge in [0.2, 0.25) is 5.09 Å². The number of aryl methyl sites for hydroxylation is 2. The average molecular weight is 405 g/mol. The number of esters is 1. The highest BCUT2D eigenvalue weighted by atomic mass is 35.5. The van der Waals surface area contributed by atoms with E-state index >= 15 is 0 Å². The van der Waals surface area contributed by atoms with E-state index in [1.165, 1.54) is 24.4 Å². The highest BCUT2D eigenvalue weighted by Crippen LogP contribution is 2.30. The number of carbonyl (C=O) groups is 1. The molecule has 11 heteroatoms. The number of ether oxygens (including phenoxy) is 1. The van der Waals surface area contributed by atoms with Crippen molar-refractivity contribution in [1.29, 1.82) is 0 Å². The van der Waals surface area contributed by atoms with E-state index in [-0.39, 0.29) is 35.4 Å². The molecule has 2 aromatic heterocycles. The molecule has 0 radical (unpaired) electrons. The molecule has 26 heavy (non-hydrogen) atoms. The minimum Gasteiger partial charge on any atom is -0.465 e. The molecule has 0 spiro atoms. The molecule has 1 aliphatic rings. The lowest BCUT2D eigenvalue weighted by Crippen LogP contribution is -2.49.